The van der Waals surface area contributed by atoms with Crippen LogP contribution in [0.15, 0.2) is 35.5 Å². The zero-order valence-electron chi connectivity index (χ0n) is 14.1. The molecule has 1 amide bonds. The maximum absolute atomic E-state index is 12.1. The van der Waals surface area contributed by atoms with E-state index in [2.05, 4.69) is 39.1 Å². The van der Waals surface area contributed by atoms with Gasteiger partial charge in [-0.05, 0) is 24.3 Å². The quantitative estimate of drug-likeness (QED) is 0.819. The van der Waals surface area contributed by atoms with Crippen molar-refractivity contribution in [3.8, 4) is 0 Å². The lowest BCUT2D eigenvalue weighted by atomic mass is 10.0. The average molecular weight is 344 g/mol. The van der Waals surface area contributed by atoms with E-state index >= 15 is 0 Å². The standard InChI is InChI=1S/C18H24N4OS/c1-14(15-8-4-2-5-9-15)12-19-17(23)13-24-18-21-20-16-10-6-3-7-11-22(16)18/h2,4-5,8-9,14H,3,6-7,10-13H2,1H3,(H,19,23)/t14-/m0/s1. The third-order valence-corrected chi connectivity index (χ3v) is 5.35. The highest BCUT2D eigenvalue weighted by atomic mass is 32.2. The number of hydrogen-bond donors (Lipinski definition) is 1. The van der Waals surface area contributed by atoms with Crippen LogP contribution in [0.3, 0.4) is 0 Å². The highest BCUT2D eigenvalue weighted by Crippen LogP contribution is 2.21. The fourth-order valence-corrected chi connectivity index (χ4v) is 3.73. The van der Waals surface area contributed by atoms with Crippen LogP contribution in [0.4, 0.5) is 0 Å². The first-order valence-electron chi connectivity index (χ1n) is 8.60. The van der Waals surface area contributed by atoms with Gasteiger partial charge in [-0.2, -0.15) is 0 Å². The van der Waals surface area contributed by atoms with E-state index in [-0.39, 0.29) is 5.91 Å². The average Bonchev–Trinajstić information content (AvgIpc) is 2.85. The van der Waals surface area contributed by atoms with Gasteiger partial charge in [-0.1, -0.05) is 55.4 Å². The zero-order chi connectivity index (χ0) is 16.8. The summed E-state index contributed by atoms with van der Waals surface area (Å²) in [4.78, 5) is 12.1. The van der Waals surface area contributed by atoms with Crippen LogP contribution in [-0.4, -0.2) is 33.0 Å². The minimum atomic E-state index is 0.0498. The SMILES string of the molecule is C[C@@H](CNC(=O)CSc1nnc2n1CCCCC2)c1ccccc1. The number of amides is 1. The van der Waals surface area contributed by atoms with Crippen LogP contribution in [0.5, 0.6) is 0 Å². The maximum Gasteiger partial charge on any atom is 0.230 e. The summed E-state index contributed by atoms with van der Waals surface area (Å²) in [7, 11) is 0. The predicted molar refractivity (Wildman–Crippen MR) is 96.2 cm³/mol. The Morgan fingerprint density at radius 1 is 1.25 bits per heavy atom. The Labute approximate surface area is 147 Å². The third kappa shape index (κ3) is 4.38. The van der Waals surface area contributed by atoms with Crippen molar-refractivity contribution < 1.29 is 4.79 Å². The number of aromatic nitrogens is 3. The second kappa shape index (κ2) is 8.33. The molecule has 0 saturated carbocycles. The third-order valence-electron chi connectivity index (χ3n) is 4.38. The van der Waals surface area contributed by atoms with Crippen LogP contribution < -0.4 is 5.32 Å². The molecule has 5 nitrogen and oxygen atoms in total. The predicted octanol–water partition coefficient (Wildman–Crippen LogP) is 3.02. The summed E-state index contributed by atoms with van der Waals surface area (Å²) in [5, 5.41) is 12.4. The van der Waals surface area contributed by atoms with Gasteiger partial charge in [0.25, 0.3) is 0 Å². The molecule has 1 atom stereocenters. The van der Waals surface area contributed by atoms with E-state index in [4.69, 9.17) is 0 Å². The van der Waals surface area contributed by atoms with E-state index < -0.39 is 0 Å². The topological polar surface area (TPSA) is 59.8 Å². The molecule has 0 fully saturated rings. The lowest BCUT2D eigenvalue weighted by molar-refractivity contribution is -0.118. The first kappa shape index (κ1) is 17.0. The molecule has 2 heterocycles. The van der Waals surface area contributed by atoms with Crippen molar-refractivity contribution in [3.63, 3.8) is 0 Å². The van der Waals surface area contributed by atoms with Gasteiger partial charge in [-0.25, -0.2) is 0 Å². The van der Waals surface area contributed by atoms with Gasteiger partial charge in [0.05, 0.1) is 5.75 Å². The molecule has 1 aromatic heterocycles. The van der Waals surface area contributed by atoms with Gasteiger partial charge < -0.3 is 9.88 Å². The highest BCUT2D eigenvalue weighted by Gasteiger charge is 2.16. The fraction of sp³-hybridized carbons (Fsp3) is 0.500. The van der Waals surface area contributed by atoms with Crippen LogP contribution in [0.2, 0.25) is 0 Å². The van der Waals surface area contributed by atoms with Crippen molar-refractivity contribution in [2.24, 2.45) is 0 Å². The van der Waals surface area contributed by atoms with Crippen molar-refractivity contribution in [2.45, 2.75) is 50.2 Å². The summed E-state index contributed by atoms with van der Waals surface area (Å²) in [5.74, 6) is 1.81. The van der Waals surface area contributed by atoms with Gasteiger partial charge >= 0.3 is 0 Å². The molecule has 1 aliphatic heterocycles. The second-order valence-electron chi connectivity index (χ2n) is 6.27. The van der Waals surface area contributed by atoms with Crippen molar-refractivity contribution in [2.75, 3.05) is 12.3 Å². The molecule has 3 rings (SSSR count). The molecule has 0 radical (unpaired) electrons. The van der Waals surface area contributed by atoms with E-state index in [0.29, 0.717) is 18.2 Å². The van der Waals surface area contributed by atoms with Gasteiger partial charge in [0.15, 0.2) is 5.16 Å². The molecule has 1 N–H and O–H groups in total. The molecular formula is C18H24N4OS. The Hall–Kier alpha value is -1.82. The summed E-state index contributed by atoms with van der Waals surface area (Å²) in [6.07, 6.45) is 4.58. The Morgan fingerprint density at radius 3 is 2.92 bits per heavy atom. The van der Waals surface area contributed by atoms with Crippen LogP contribution in [0.25, 0.3) is 0 Å². The Bertz CT molecular complexity index is 671. The number of hydrogen-bond acceptors (Lipinski definition) is 4. The molecule has 0 spiro atoms. The van der Waals surface area contributed by atoms with Gasteiger partial charge in [-0.3, -0.25) is 4.79 Å². The Kier molecular flexibility index (Phi) is 5.91. The number of aryl methyl sites for hydroxylation is 1. The van der Waals surface area contributed by atoms with Crippen molar-refractivity contribution in [1.82, 2.24) is 20.1 Å². The maximum atomic E-state index is 12.1. The molecule has 2 aromatic rings. The van der Waals surface area contributed by atoms with E-state index in [0.717, 1.165) is 23.9 Å². The van der Waals surface area contributed by atoms with Crippen LogP contribution in [0, 0.1) is 0 Å². The fourth-order valence-electron chi connectivity index (χ4n) is 2.91. The van der Waals surface area contributed by atoms with Crippen LogP contribution in [0.1, 0.15) is 43.5 Å². The molecule has 0 aliphatic carbocycles. The second-order valence-corrected chi connectivity index (χ2v) is 7.21. The van der Waals surface area contributed by atoms with Crippen LogP contribution >= 0.6 is 11.8 Å². The summed E-state index contributed by atoms with van der Waals surface area (Å²) in [6.45, 7) is 3.75. The van der Waals surface area contributed by atoms with Crippen molar-refractivity contribution in [1.29, 1.82) is 0 Å². The zero-order valence-corrected chi connectivity index (χ0v) is 14.9. The Balaban J connectivity index is 1.47. The number of rotatable bonds is 6. The van der Waals surface area contributed by atoms with Gasteiger partial charge in [0, 0.05) is 19.5 Å². The largest absolute Gasteiger partial charge is 0.355 e. The number of thioether (sulfide) groups is 1. The monoisotopic (exact) mass is 344 g/mol. The molecule has 6 heteroatoms. The minimum absolute atomic E-state index is 0.0498. The first-order valence-corrected chi connectivity index (χ1v) is 9.59. The summed E-state index contributed by atoms with van der Waals surface area (Å²) < 4.78 is 2.18. The number of carbonyl (C=O) groups is 1. The number of carbonyl (C=O) groups excluding carboxylic acids is 1. The lowest BCUT2D eigenvalue weighted by Crippen LogP contribution is -2.29. The number of nitrogens with one attached hydrogen (secondary N) is 1. The van der Waals surface area contributed by atoms with Gasteiger partial charge in [0.1, 0.15) is 5.82 Å². The van der Waals surface area contributed by atoms with E-state index in [1.165, 1.54) is 36.6 Å². The van der Waals surface area contributed by atoms with Gasteiger partial charge in [-0.15, -0.1) is 10.2 Å². The molecule has 1 aromatic carbocycles. The summed E-state index contributed by atoms with van der Waals surface area (Å²) in [6, 6.07) is 10.3. The smallest absolute Gasteiger partial charge is 0.230 e. The molecular weight excluding hydrogens is 320 g/mol. The molecule has 0 saturated heterocycles. The van der Waals surface area contributed by atoms with E-state index in [9.17, 15) is 4.79 Å². The van der Waals surface area contributed by atoms with E-state index in [1.807, 2.05) is 18.2 Å². The van der Waals surface area contributed by atoms with E-state index in [1.54, 1.807) is 0 Å². The normalized spacial score (nSPS) is 15.4. The summed E-state index contributed by atoms with van der Waals surface area (Å²) >= 11 is 1.48. The molecule has 24 heavy (non-hydrogen) atoms. The number of nitrogens with zero attached hydrogens (tertiary/aromatic N) is 3. The van der Waals surface area contributed by atoms with Gasteiger partial charge in [0.2, 0.25) is 5.91 Å². The lowest BCUT2D eigenvalue weighted by Gasteiger charge is -2.13. The molecule has 0 bridgehead atoms. The van der Waals surface area contributed by atoms with Crippen molar-refractivity contribution >= 4 is 17.7 Å². The first-order chi connectivity index (χ1) is 11.7. The minimum Gasteiger partial charge on any atom is -0.355 e. The Morgan fingerprint density at radius 2 is 2.08 bits per heavy atom. The van der Waals surface area contributed by atoms with Crippen LogP contribution in [-0.2, 0) is 17.8 Å². The highest BCUT2D eigenvalue weighted by molar-refractivity contribution is 7.99. The summed E-state index contributed by atoms with van der Waals surface area (Å²) in [5.41, 5.74) is 1.24. The number of benzene rings is 1. The molecule has 0 unspecified atom stereocenters. The number of fused-ring (bicyclic) bond motifs is 1. The van der Waals surface area contributed by atoms with Crippen molar-refractivity contribution in [3.05, 3.63) is 41.7 Å². The molecule has 1 aliphatic rings. The molecule has 128 valence electrons.